The van der Waals surface area contributed by atoms with Crippen LogP contribution in [-0.4, -0.2) is 10.7 Å². The van der Waals surface area contributed by atoms with Gasteiger partial charge in [-0.15, -0.1) is 0 Å². The minimum absolute atomic E-state index is 0.313. The fourth-order valence-corrected chi connectivity index (χ4v) is 3.79. The van der Waals surface area contributed by atoms with Gasteiger partial charge in [-0.1, -0.05) is 55.8 Å². The van der Waals surface area contributed by atoms with Gasteiger partial charge in [-0.2, -0.15) is 13.2 Å². The summed E-state index contributed by atoms with van der Waals surface area (Å²) in [5.74, 6) is 0. The molecule has 1 heterocycles. The highest BCUT2D eigenvalue weighted by Crippen LogP contribution is 2.47. The molecule has 1 aliphatic rings. The Morgan fingerprint density at radius 1 is 0.963 bits per heavy atom. The molecule has 0 N–H and O–H groups in total. The molecular weight excluding hydrogens is 347 g/mol. The number of aromatic nitrogens is 1. The molecule has 0 radical (unpaired) electrons. The summed E-state index contributed by atoms with van der Waals surface area (Å²) >= 11 is 0. The van der Waals surface area contributed by atoms with E-state index in [9.17, 15) is 13.2 Å². The van der Waals surface area contributed by atoms with Crippen molar-refractivity contribution in [3.63, 3.8) is 0 Å². The Hall–Kier alpha value is -2.75. The lowest BCUT2D eigenvalue weighted by atomic mass is 9.97. The molecule has 0 unspecified atom stereocenters. The van der Waals surface area contributed by atoms with Crippen LogP contribution in [0.4, 0.5) is 13.2 Å². The van der Waals surface area contributed by atoms with Crippen molar-refractivity contribution in [1.82, 2.24) is 4.57 Å². The lowest BCUT2D eigenvalue weighted by Crippen LogP contribution is -2.13. The summed E-state index contributed by atoms with van der Waals surface area (Å²) in [6.45, 7) is 2.05. The number of unbranched alkanes of at least 4 members (excludes halogenated alkanes) is 1. The largest absolute Gasteiger partial charge is 0.417 e. The molecule has 0 spiro atoms. The molecule has 0 fully saturated rings. The number of allylic oxidation sites excluding steroid dienone is 3. The summed E-state index contributed by atoms with van der Waals surface area (Å²) in [5.41, 5.74) is 2.70. The zero-order valence-corrected chi connectivity index (χ0v) is 15.1. The molecule has 27 heavy (non-hydrogen) atoms. The van der Waals surface area contributed by atoms with E-state index in [-0.39, 0.29) is 0 Å². The fraction of sp³-hybridized carbons (Fsp3) is 0.217. The van der Waals surface area contributed by atoms with Crippen LogP contribution in [-0.2, 0) is 0 Å². The van der Waals surface area contributed by atoms with E-state index in [1.165, 1.54) is 6.08 Å². The SMILES string of the molecule is CCCC/C(=C1/C(C(F)(F)F)=Cc2ccccc21)n1ccc2ccccc21. The smallest absolute Gasteiger partial charge is 0.320 e. The minimum Gasteiger partial charge on any atom is -0.320 e. The Morgan fingerprint density at radius 2 is 1.70 bits per heavy atom. The first-order chi connectivity index (χ1) is 13.0. The van der Waals surface area contributed by atoms with Crippen LogP contribution in [0.3, 0.4) is 0 Å². The molecule has 138 valence electrons. The Labute approximate surface area is 156 Å². The predicted molar refractivity (Wildman–Crippen MR) is 105 cm³/mol. The Bertz CT molecular complexity index is 1050. The molecule has 0 bridgehead atoms. The van der Waals surface area contributed by atoms with Crippen molar-refractivity contribution < 1.29 is 13.2 Å². The summed E-state index contributed by atoms with van der Waals surface area (Å²) in [5, 5.41) is 1.02. The van der Waals surface area contributed by atoms with Crippen molar-refractivity contribution >= 4 is 28.2 Å². The van der Waals surface area contributed by atoms with Gasteiger partial charge in [0, 0.05) is 17.5 Å². The van der Waals surface area contributed by atoms with Crippen molar-refractivity contribution in [3.8, 4) is 0 Å². The highest BCUT2D eigenvalue weighted by atomic mass is 19.4. The van der Waals surface area contributed by atoms with Gasteiger partial charge < -0.3 is 4.57 Å². The van der Waals surface area contributed by atoms with E-state index in [1.54, 1.807) is 24.3 Å². The number of halogens is 3. The second-order valence-corrected chi connectivity index (χ2v) is 6.81. The number of para-hydroxylation sites is 1. The molecule has 0 saturated carbocycles. The summed E-state index contributed by atoms with van der Waals surface area (Å²) in [7, 11) is 0. The van der Waals surface area contributed by atoms with Crippen LogP contribution >= 0.6 is 0 Å². The third kappa shape index (κ3) is 3.09. The normalized spacial score (nSPS) is 15.8. The fourth-order valence-electron chi connectivity index (χ4n) is 3.79. The van der Waals surface area contributed by atoms with E-state index in [0.29, 0.717) is 28.8 Å². The van der Waals surface area contributed by atoms with Gasteiger partial charge in [-0.25, -0.2) is 0 Å². The first kappa shape index (κ1) is 17.7. The zero-order chi connectivity index (χ0) is 19.0. The summed E-state index contributed by atoms with van der Waals surface area (Å²) < 4.78 is 43.6. The van der Waals surface area contributed by atoms with Crippen LogP contribution in [0.15, 0.2) is 66.4 Å². The summed E-state index contributed by atoms with van der Waals surface area (Å²) in [4.78, 5) is 0. The maximum absolute atomic E-state index is 13.9. The molecule has 4 rings (SSSR count). The van der Waals surface area contributed by atoms with Crippen molar-refractivity contribution in [2.75, 3.05) is 0 Å². The van der Waals surface area contributed by atoms with Gasteiger partial charge in [0.15, 0.2) is 0 Å². The van der Waals surface area contributed by atoms with Gasteiger partial charge in [-0.05, 0) is 47.6 Å². The molecule has 3 aromatic rings. The first-order valence-electron chi connectivity index (χ1n) is 9.19. The van der Waals surface area contributed by atoms with Gasteiger partial charge in [-0.3, -0.25) is 0 Å². The third-order valence-electron chi connectivity index (χ3n) is 5.05. The van der Waals surface area contributed by atoms with Gasteiger partial charge in [0.2, 0.25) is 0 Å². The summed E-state index contributed by atoms with van der Waals surface area (Å²) in [6, 6.07) is 16.9. The Morgan fingerprint density at radius 3 is 2.48 bits per heavy atom. The molecule has 0 amide bonds. The molecule has 1 nitrogen and oxygen atoms in total. The van der Waals surface area contributed by atoms with E-state index < -0.39 is 11.7 Å². The number of alkyl halides is 3. The quantitative estimate of drug-likeness (QED) is 0.461. The molecular formula is C23H20F3N. The van der Waals surface area contributed by atoms with Crippen LogP contribution < -0.4 is 0 Å². The van der Waals surface area contributed by atoms with Crippen LogP contribution in [0.1, 0.15) is 37.3 Å². The number of fused-ring (bicyclic) bond motifs is 2. The van der Waals surface area contributed by atoms with Crippen LogP contribution in [0.5, 0.6) is 0 Å². The lowest BCUT2D eigenvalue weighted by molar-refractivity contribution is -0.0859. The van der Waals surface area contributed by atoms with Crippen LogP contribution in [0.2, 0.25) is 0 Å². The van der Waals surface area contributed by atoms with E-state index in [1.807, 2.05) is 41.1 Å². The Balaban J connectivity index is 2.02. The number of hydrogen-bond acceptors (Lipinski definition) is 0. The number of benzene rings is 2. The average Bonchev–Trinajstić information content (AvgIpc) is 3.25. The molecule has 0 aliphatic heterocycles. The topological polar surface area (TPSA) is 4.93 Å². The van der Waals surface area contributed by atoms with Crippen molar-refractivity contribution in [1.29, 1.82) is 0 Å². The maximum Gasteiger partial charge on any atom is 0.417 e. The molecule has 1 aliphatic carbocycles. The average molecular weight is 367 g/mol. The van der Waals surface area contributed by atoms with Gasteiger partial charge in [0.1, 0.15) is 0 Å². The highest BCUT2D eigenvalue weighted by Gasteiger charge is 2.41. The molecule has 2 aromatic carbocycles. The highest BCUT2D eigenvalue weighted by molar-refractivity contribution is 6.05. The Kier molecular flexibility index (Phi) is 4.42. The summed E-state index contributed by atoms with van der Waals surface area (Å²) in [6.07, 6.45) is 1.11. The third-order valence-corrected chi connectivity index (χ3v) is 5.05. The maximum atomic E-state index is 13.9. The van der Waals surface area contributed by atoms with E-state index in [0.717, 1.165) is 23.7 Å². The van der Waals surface area contributed by atoms with E-state index in [2.05, 4.69) is 6.92 Å². The second kappa shape index (κ2) is 6.76. The molecule has 4 heteroatoms. The minimum atomic E-state index is -4.39. The van der Waals surface area contributed by atoms with Crippen LogP contribution in [0, 0.1) is 0 Å². The second-order valence-electron chi connectivity index (χ2n) is 6.81. The number of hydrogen-bond donors (Lipinski definition) is 0. The number of nitrogens with zero attached hydrogens (tertiary/aromatic N) is 1. The number of rotatable bonds is 4. The molecule has 0 atom stereocenters. The zero-order valence-electron chi connectivity index (χ0n) is 15.1. The standard InChI is InChI=1S/C23H20F3N/c1-2-3-11-21(27-14-13-16-8-5-7-12-20(16)27)22-18-10-6-4-9-17(18)15-19(22)23(24,25)26/h4-10,12-15H,2-3,11H2,1H3/b22-21-. The van der Waals surface area contributed by atoms with Crippen LogP contribution in [0.25, 0.3) is 28.2 Å². The molecule has 0 saturated heterocycles. The van der Waals surface area contributed by atoms with Crippen molar-refractivity contribution in [2.24, 2.45) is 0 Å². The van der Waals surface area contributed by atoms with Gasteiger partial charge in [0.25, 0.3) is 0 Å². The first-order valence-corrected chi connectivity index (χ1v) is 9.19. The van der Waals surface area contributed by atoms with Gasteiger partial charge in [0.05, 0.1) is 11.1 Å². The van der Waals surface area contributed by atoms with Crippen molar-refractivity contribution in [2.45, 2.75) is 32.4 Å². The molecule has 1 aromatic heterocycles. The van der Waals surface area contributed by atoms with E-state index >= 15 is 0 Å². The predicted octanol–water partition coefficient (Wildman–Crippen LogP) is 7.16. The van der Waals surface area contributed by atoms with Gasteiger partial charge >= 0.3 is 6.18 Å². The lowest BCUT2D eigenvalue weighted by Gasteiger charge is -2.19. The van der Waals surface area contributed by atoms with Crippen molar-refractivity contribution in [3.05, 3.63) is 77.5 Å². The van der Waals surface area contributed by atoms with E-state index in [4.69, 9.17) is 0 Å². The monoisotopic (exact) mass is 367 g/mol.